The second-order valence-electron chi connectivity index (χ2n) is 6.03. The van der Waals surface area contributed by atoms with Gasteiger partial charge >= 0.3 is 0 Å². The Kier molecular flexibility index (Phi) is 7.32. The van der Waals surface area contributed by atoms with E-state index in [2.05, 4.69) is 17.2 Å². The summed E-state index contributed by atoms with van der Waals surface area (Å²) in [5, 5.41) is 9.76. The van der Waals surface area contributed by atoms with Gasteiger partial charge in [0.1, 0.15) is 5.25 Å². The van der Waals surface area contributed by atoms with Gasteiger partial charge in [-0.2, -0.15) is 0 Å². The van der Waals surface area contributed by atoms with Gasteiger partial charge in [-0.1, -0.05) is 30.0 Å². The van der Waals surface area contributed by atoms with Gasteiger partial charge in [0.05, 0.1) is 0 Å². The van der Waals surface area contributed by atoms with E-state index in [1.165, 1.54) is 5.48 Å². The molecule has 7 nitrogen and oxygen atoms in total. The lowest BCUT2D eigenvalue weighted by atomic mass is 10.1. The quantitative estimate of drug-likeness (QED) is 0.382. The molecule has 0 saturated carbocycles. The van der Waals surface area contributed by atoms with Crippen LogP contribution in [0.4, 0.5) is 0 Å². The maximum Gasteiger partial charge on any atom is 0.261 e. The zero-order valence-corrected chi connectivity index (χ0v) is 16.0. The summed E-state index contributed by atoms with van der Waals surface area (Å²) in [6, 6.07) is 16.1. The fourth-order valence-electron chi connectivity index (χ4n) is 2.40. The van der Waals surface area contributed by atoms with E-state index in [-0.39, 0.29) is 13.0 Å². The minimum Gasteiger partial charge on any atom is -0.352 e. The van der Waals surface area contributed by atoms with Crippen molar-refractivity contribution in [3.8, 4) is 11.8 Å². The van der Waals surface area contributed by atoms with Crippen LogP contribution in [-0.4, -0.2) is 43.5 Å². The zero-order chi connectivity index (χ0) is 20.6. The van der Waals surface area contributed by atoms with Crippen LogP contribution in [-0.2, 0) is 14.6 Å². The molecular formula is C20H20N2O5S. The molecule has 1 atom stereocenters. The number of hydrogen-bond donors (Lipinski definition) is 3. The molecule has 8 heteroatoms. The number of carbonyl (C=O) groups is 2. The summed E-state index contributed by atoms with van der Waals surface area (Å²) in [6.45, 7) is -0.0421. The van der Waals surface area contributed by atoms with Crippen molar-refractivity contribution in [2.45, 2.75) is 11.7 Å². The normalized spacial score (nSPS) is 11.6. The molecular weight excluding hydrogens is 380 g/mol. The van der Waals surface area contributed by atoms with Crippen LogP contribution in [0, 0.1) is 11.8 Å². The highest BCUT2D eigenvalue weighted by Crippen LogP contribution is 2.07. The van der Waals surface area contributed by atoms with Gasteiger partial charge in [0, 0.05) is 29.5 Å². The molecule has 28 heavy (non-hydrogen) atoms. The van der Waals surface area contributed by atoms with Crippen LogP contribution in [0.1, 0.15) is 27.9 Å². The van der Waals surface area contributed by atoms with E-state index in [4.69, 9.17) is 5.21 Å². The highest BCUT2D eigenvalue weighted by Gasteiger charge is 2.28. The molecule has 2 aromatic carbocycles. The molecule has 2 amide bonds. The van der Waals surface area contributed by atoms with Crippen molar-refractivity contribution in [1.82, 2.24) is 10.8 Å². The fourth-order valence-corrected chi connectivity index (χ4v) is 3.39. The Morgan fingerprint density at radius 3 is 2.11 bits per heavy atom. The second-order valence-corrected chi connectivity index (χ2v) is 8.26. The SMILES string of the molecule is CS(=O)(=O)C(CCNC(=O)c1ccc(C#Cc2ccccc2)cc1)C(=O)NO. The van der Waals surface area contributed by atoms with E-state index >= 15 is 0 Å². The minimum absolute atomic E-state index is 0.0421. The third-order valence-electron chi connectivity index (χ3n) is 3.88. The molecule has 0 aliphatic carbocycles. The number of hydroxylamine groups is 1. The van der Waals surface area contributed by atoms with E-state index in [0.717, 1.165) is 17.4 Å². The molecule has 2 rings (SSSR count). The molecule has 0 radical (unpaired) electrons. The topological polar surface area (TPSA) is 113 Å². The average Bonchev–Trinajstić information content (AvgIpc) is 2.69. The first-order valence-electron chi connectivity index (χ1n) is 8.39. The Morgan fingerprint density at radius 1 is 1.00 bits per heavy atom. The molecule has 146 valence electrons. The van der Waals surface area contributed by atoms with Crippen molar-refractivity contribution in [3.63, 3.8) is 0 Å². The summed E-state index contributed by atoms with van der Waals surface area (Å²) in [7, 11) is -3.71. The van der Waals surface area contributed by atoms with Crippen molar-refractivity contribution in [2.75, 3.05) is 12.8 Å². The number of amides is 2. The van der Waals surface area contributed by atoms with Gasteiger partial charge in [-0.25, -0.2) is 13.9 Å². The van der Waals surface area contributed by atoms with Gasteiger partial charge < -0.3 is 5.32 Å². The van der Waals surface area contributed by atoms with Crippen molar-refractivity contribution in [1.29, 1.82) is 0 Å². The van der Waals surface area contributed by atoms with Crippen molar-refractivity contribution >= 4 is 21.7 Å². The van der Waals surface area contributed by atoms with Crippen LogP contribution in [0.2, 0.25) is 0 Å². The summed E-state index contributed by atoms with van der Waals surface area (Å²) in [5.41, 5.74) is 3.34. The standard InChI is InChI=1S/C20H20N2O5S/c1-28(26,27)18(20(24)22-25)13-14-21-19(23)17-11-9-16(10-12-17)8-7-15-5-3-2-4-6-15/h2-6,9-12,18,25H,13-14H2,1H3,(H,21,23)(H,22,24). The lowest BCUT2D eigenvalue weighted by Gasteiger charge is -2.13. The number of nitrogens with one attached hydrogen (secondary N) is 2. The molecule has 0 bridgehead atoms. The van der Waals surface area contributed by atoms with Gasteiger partial charge in [0.15, 0.2) is 9.84 Å². The largest absolute Gasteiger partial charge is 0.352 e. The molecule has 3 N–H and O–H groups in total. The summed E-state index contributed by atoms with van der Waals surface area (Å²) < 4.78 is 23.2. The summed E-state index contributed by atoms with van der Waals surface area (Å²) >= 11 is 0. The third kappa shape index (κ3) is 6.23. The number of benzene rings is 2. The summed E-state index contributed by atoms with van der Waals surface area (Å²) in [5.74, 6) is 4.59. The Bertz CT molecular complexity index is 990. The number of rotatable bonds is 6. The maximum absolute atomic E-state index is 12.2. The first kappa shape index (κ1) is 21.2. The molecule has 0 aliphatic heterocycles. The molecule has 0 fully saturated rings. The lowest BCUT2D eigenvalue weighted by Crippen LogP contribution is -2.40. The van der Waals surface area contributed by atoms with Crippen molar-refractivity contribution in [2.24, 2.45) is 0 Å². The second kappa shape index (κ2) is 9.69. The van der Waals surface area contributed by atoms with Crippen LogP contribution in [0.15, 0.2) is 54.6 Å². The van der Waals surface area contributed by atoms with E-state index in [1.54, 1.807) is 24.3 Å². The molecule has 0 aromatic heterocycles. The predicted molar refractivity (Wildman–Crippen MR) is 104 cm³/mol. The Morgan fingerprint density at radius 2 is 1.57 bits per heavy atom. The molecule has 0 saturated heterocycles. The van der Waals surface area contributed by atoms with Crippen LogP contribution >= 0.6 is 0 Å². The van der Waals surface area contributed by atoms with E-state index in [1.807, 2.05) is 30.3 Å². The number of sulfone groups is 1. The predicted octanol–water partition coefficient (Wildman–Crippen LogP) is 1.12. The molecule has 1 unspecified atom stereocenters. The highest BCUT2D eigenvalue weighted by atomic mass is 32.2. The fraction of sp³-hybridized carbons (Fsp3) is 0.200. The van der Waals surface area contributed by atoms with Gasteiger partial charge in [-0.05, 0) is 42.8 Å². The van der Waals surface area contributed by atoms with Gasteiger partial charge in [0.25, 0.3) is 11.8 Å². The highest BCUT2D eigenvalue weighted by molar-refractivity contribution is 7.92. The number of hydrogen-bond acceptors (Lipinski definition) is 5. The first-order valence-corrected chi connectivity index (χ1v) is 10.3. The van der Waals surface area contributed by atoms with E-state index in [0.29, 0.717) is 5.56 Å². The average molecular weight is 400 g/mol. The van der Waals surface area contributed by atoms with Crippen LogP contribution < -0.4 is 10.8 Å². The van der Waals surface area contributed by atoms with Crippen molar-refractivity contribution < 1.29 is 23.2 Å². The minimum atomic E-state index is -3.71. The Hall–Kier alpha value is -3.15. The summed E-state index contributed by atoms with van der Waals surface area (Å²) in [4.78, 5) is 23.6. The third-order valence-corrected chi connectivity index (χ3v) is 5.37. The molecule has 2 aromatic rings. The molecule has 0 heterocycles. The van der Waals surface area contributed by atoms with Gasteiger partial charge in [-0.15, -0.1) is 0 Å². The van der Waals surface area contributed by atoms with Gasteiger partial charge in [-0.3, -0.25) is 14.8 Å². The van der Waals surface area contributed by atoms with Crippen LogP contribution in [0.3, 0.4) is 0 Å². The van der Waals surface area contributed by atoms with Gasteiger partial charge in [0.2, 0.25) is 0 Å². The molecule has 0 aliphatic rings. The molecule has 0 spiro atoms. The first-order chi connectivity index (χ1) is 13.3. The van der Waals surface area contributed by atoms with E-state index < -0.39 is 26.9 Å². The van der Waals surface area contributed by atoms with Crippen LogP contribution in [0.25, 0.3) is 0 Å². The van der Waals surface area contributed by atoms with Crippen LogP contribution in [0.5, 0.6) is 0 Å². The van der Waals surface area contributed by atoms with E-state index in [9.17, 15) is 18.0 Å². The maximum atomic E-state index is 12.2. The zero-order valence-electron chi connectivity index (χ0n) is 15.2. The number of carbonyl (C=O) groups excluding carboxylic acids is 2. The lowest BCUT2D eigenvalue weighted by molar-refractivity contribution is -0.128. The Balaban J connectivity index is 1.94. The Labute approximate surface area is 163 Å². The smallest absolute Gasteiger partial charge is 0.261 e. The summed E-state index contributed by atoms with van der Waals surface area (Å²) in [6.07, 6.45) is 0.738. The monoisotopic (exact) mass is 400 g/mol. The van der Waals surface area contributed by atoms with Crippen molar-refractivity contribution in [3.05, 3.63) is 71.3 Å².